The summed E-state index contributed by atoms with van der Waals surface area (Å²) in [5.74, 6) is -1.46. The number of carbonyl (C=O) groups is 2. The largest absolute Gasteiger partial charge is 0.478 e. The van der Waals surface area contributed by atoms with Crippen molar-refractivity contribution in [3.05, 3.63) is 143 Å². The van der Waals surface area contributed by atoms with Crippen molar-refractivity contribution >= 4 is 46.6 Å². The number of rotatable bonds is 7. The van der Waals surface area contributed by atoms with Gasteiger partial charge < -0.3 is 14.3 Å². The molecule has 44 heavy (non-hydrogen) atoms. The fraction of sp³-hybridized carbons (Fsp3) is 0.0909. The molecule has 1 atom stereocenters. The van der Waals surface area contributed by atoms with E-state index in [2.05, 4.69) is 0 Å². The molecule has 220 valence electrons. The molecule has 0 bridgehead atoms. The second-order valence-corrected chi connectivity index (χ2v) is 11.1. The molecule has 0 saturated heterocycles. The van der Waals surface area contributed by atoms with Gasteiger partial charge in [-0.3, -0.25) is 9.36 Å². The molecule has 1 aliphatic heterocycles. The van der Waals surface area contributed by atoms with Gasteiger partial charge in [0.05, 0.1) is 39.0 Å². The minimum absolute atomic E-state index is 0.0314. The van der Waals surface area contributed by atoms with E-state index in [9.17, 15) is 23.9 Å². The van der Waals surface area contributed by atoms with Gasteiger partial charge in [-0.05, 0) is 48.9 Å². The summed E-state index contributed by atoms with van der Waals surface area (Å²) < 4.78 is 27.1. The van der Waals surface area contributed by atoms with E-state index in [-0.39, 0.29) is 27.3 Å². The average molecular weight is 629 g/mol. The zero-order chi connectivity index (χ0) is 31.0. The van der Waals surface area contributed by atoms with Crippen molar-refractivity contribution in [1.82, 2.24) is 4.57 Å². The fourth-order valence-corrected chi connectivity index (χ4v) is 6.20. The van der Waals surface area contributed by atoms with Gasteiger partial charge in [0.15, 0.2) is 4.80 Å². The van der Waals surface area contributed by atoms with Crippen molar-refractivity contribution in [2.24, 2.45) is 4.99 Å². The summed E-state index contributed by atoms with van der Waals surface area (Å²) in [6.07, 6.45) is 1.57. The minimum atomic E-state index is -1.14. The summed E-state index contributed by atoms with van der Waals surface area (Å²) >= 11 is 7.25. The second kappa shape index (κ2) is 11.9. The zero-order valence-corrected chi connectivity index (χ0v) is 24.6. The third-order valence-electron chi connectivity index (χ3n) is 6.94. The molecule has 1 aliphatic rings. The van der Waals surface area contributed by atoms with Crippen LogP contribution in [0.25, 0.3) is 23.1 Å². The summed E-state index contributed by atoms with van der Waals surface area (Å²) in [5.41, 5.74) is 1.78. The lowest BCUT2D eigenvalue weighted by atomic mass is 9.93. The molecule has 8 nitrogen and oxygen atoms in total. The molecule has 2 aromatic heterocycles. The van der Waals surface area contributed by atoms with Gasteiger partial charge in [-0.1, -0.05) is 71.5 Å². The number of ether oxygens (including phenoxy) is 1. The predicted octanol–water partition coefficient (Wildman–Crippen LogP) is 5.69. The SMILES string of the molecule is CCOC(=O)C1=C(c2ccccc2)N=c2s/c(=C\c3ccc(-c4ccc(C(=O)O)c(Cl)c4)o3)c(=O)n2[C@@H]1c1ccc(F)cc1. The molecule has 5 aromatic rings. The third-order valence-corrected chi connectivity index (χ3v) is 8.24. The van der Waals surface area contributed by atoms with Crippen molar-refractivity contribution < 1.29 is 28.2 Å². The van der Waals surface area contributed by atoms with E-state index in [1.807, 2.05) is 30.3 Å². The Labute approximate surface area is 258 Å². The molecule has 0 amide bonds. The third kappa shape index (κ3) is 5.41. The molecule has 1 N–H and O–H groups in total. The summed E-state index contributed by atoms with van der Waals surface area (Å²) in [6, 6.07) is 21.6. The number of esters is 1. The second-order valence-electron chi connectivity index (χ2n) is 9.68. The van der Waals surface area contributed by atoms with Crippen LogP contribution in [0.2, 0.25) is 5.02 Å². The molecular weight excluding hydrogens is 607 g/mol. The first-order valence-corrected chi connectivity index (χ1v) is 14.6. The van der Waals surface area contributed by atoms with Gasteiger partial charge in [0, 0.05) is 17.2 Å². The lowest BCUT2D eigenvalue weighted by molar-refractivity contribution is -0.138. The summed E-state index contributed by atoms with van der Waals surface area (Å²) in [5, 5.41) is 9.32. The lowest BCUT2D eigenvalue weighted by Crippen LogP contribution is -2.40. The monoisotopic (exact) mass is 628 g/mol. The van der Waals surface area contributed by atoms with E-state index in [4.69, 9.17) is 25.7 Å². The average Bonchev–Trinajstić information content (AvgIpc) is 3.61. The fourth-order valence-electron chi connectivity index (χ4n) is 4.96. The quantitative estimate of drug-likeness (QED) is 0.232. The number of carboxylic acids is 1. The van der Waals surface area contributed by atoms with Crippen LogP contribution in [-0.2, 0) is 9.53 Å². The Morgan fingerprint density at radius 1 is 1.07 bits per heavy atom. The normalized spacial score (nSPS) is 14.7. The summed E-state index contributed by atoms with van der Waals surface area (Å²) in [4.78, 5) is 43.9. The van der Waals surface area contributed by atoms with Crippen LogP contribution in [0.1, 0.15) is 40.2 Å². The molecule has 3 aromatic carbocycles. The number of carboxylic acid groups (broad SMARTS) is 1. The van der Waals surface area contributed by atoms with Gasteiger partial charge in [-0.2, -0.15) is 0 Å². The maximum Gasteiger partial charge on any atom is 0.338 e. The molecular formula is C33H22ClFN2O6S. The Kier molecular flexibility index (Phi) is 7.86. The van der Waals surface area contributed by atoms with Crippen molar-refractivity contribution in [3.63, 3.8) is 0 Å². The van der Waals surface area contributed by atoms with Gasteiger partial charge in [-0.15, -0.1) is 0 Å². The number of nitrogens with zero attached hydrogens (tertiary/aromatic N) is 2. The van der Waals surface area contributed by atoms with Crippen molar-refractivity contribution in [2.75, 3.05) is 6.61 Å². The van der Waals surface area contributed by atoms with Crippen LogP contribution in [-0.4, -0.2) is 28.2 Å². The Balaban J connectivity index is 1.52. The maximum absolute atomic E-state index is 14.0. The lowest BCUT2D eigenvalue weighted by Gasteiger charge is -2.25. The topological polar surface area (TPSA) is 111 Å². The number of aromatic nitrogens is 1. The van der Waals surface area contributed by atoms with E-state index >= 15 is 0 Å². The zero-order valence-electron chi connectivity index (χ0n) is 23.0. The summed E-state index contributed by atoms with van der Waals surface area (Å²) in [7, 11) is 0. The van der Waals surface area contributed by atoms with Crippen molar-refractivity contribution in [3.8, 4) is 11.3 Å². The predicted molar refractivity (Wildman–Crippen MR) is 164 cm³/mol. The van der Waals surface area contributed by atoms with E-state index in [0.29, 0.717) is 38.7 Å². The number of hydrogen-bond donors (Lipinski definition) is 1. The minimum Gasteiger partial charge on any atom is -0.478 e. The first kappa shape index (κ1) is 29.0. The van der Waals surface area contributed by atoms with E-state index < -0.39 is 29.4 Å². The first-order valence-electron chi connectivity index (χ1n) is 13.4. The Morgan fingerprint density at radius 2 is 1.82 bits per heavy atom. The Hall–Kier alpha value is -5.06. The number of hydrogen-bond acceptors (Lipinski definition) is 7. The molecule has 3 heterocycles. The van der Waals surface area contributed by atoms with E-state index in [1.165, 1.54) is 41.0 Å². The molecule has 0 spiro atoms. The molecule has 6 rings (SSSR count). The van der Waals surface area contributed by atoms with Crippen LogP contribution in [0.5, 0.6) is 0 Å². The molecule has 0 radical (unpaired) electrons. The van der Waals surface area contributed by atoms with E-state index in [1.54, 1.807) is 31.2 Å². The van der Waals surface area contributed by atoms with Gasteiger partial charge >= 0.3 is 11.9 Å². The van der Waals surface area contributed by atoms with Crippen LogP contribution in [0.4, 0.5) is 4.39 Å². The van der Waals surface area contributed by atoms with Gasteiger partial charge in [0.1, 0.15) is 17.3 Å². The maximum atomic E-state index is 14.0. The Bertz CT molecular complexity index is 2130. The number of carbonyl (C=O) groups excluding carboxylic acids is 1. The highest BCUT2D eigenvalue weighted by Gasteiger charge is 2.35. The number of halogens is 2. The smallest absolute Gasteiger partial charge is 0.338 e. The number of fused-ring (bicyclic) bond motifs is 1. The molecule has 0 fully saturated rings. The van der Waals surface area contributed by atoms with Crippen LogP contribution >= 0.6 is 22.9 Å². The van der Waals surface area contributed by atoms with E-state index in [0.717, 1.165) is 11.3 Å². The number of thiazole rings is 1. The molecule has 0 unspecified atom stereocenters. The highest BCUT2D eigenvalue weighted by molar-refractivity contribution is 7.07. The number of aromatic carboxylic acids is 1. The number of furan rings is 1. The van der Waals surface area contributed by atoms with Crippen LogP contribution in [0.15, 0.2) is 105 Å². The standard InChI is InChI=1S/C33H22ClFN2O6S/c1-2-42-32(41)27-28(18-6-4-3-5-7-18)36-33-37(29(27)19-8-11-21(35)12-9-19)30(38)26(44-33)17-22-13-15-25(43-22)20-10-14-23(31(39)40)24(34)16-20/h3-17,29H,2H2,1H3,(H,39,40)/b26-17-/t29-/m1/s1. The van der Waals surface area contributed by atoms with Gasteiger partial charge in [-0.25, -0.2) is 19.0 Å². The van der Waals surface area contributed by atoms with Gasteiger partial charge in [0.2, 0.25) is 0 Å². The number of benzene rings is 3. The highest BCUT2D eigenvalue weighted by atomic mass is 35.5. The van der Waals surface area contributed by atoms with Crippen LogP contribution in [0.3, 0.4) is 0 Å². The molecule has 0 saturated carbocycles. The summed E-state index contributed by atoms with van der Waals surface area (Å²) in [6.45, 7) is 1.80. The van der Waals surface area contributed by atoms with Crippen LogP contribution < -0.4 is 14.9 Å². The van der Waals surface area contributed by atoms with Gasteiger partial charge in [0.25, 0.3) is 5.56 Å². The van der Waals surface area contributed by atoms with Crippen molar-refractivity contribution in [2.45, 2.75) is 13.0 Å². The molecule has 11 heteroatoms. The highest BCUT2D eigenvalue weighted by Crippen LogP contribution is 2.35. The van der Waals surface area contributed by atoms with Crippen LogP contribution in [0, 0.1) is 5.82 Å². The first-order chi connectivity index (χ1) is 21.2. The Morgan fingerprint density at radius 3 is 2.50 bits per heavy atom. The van der Waals surface area contributed by atoms with Crippen molar-refractivity contribution in [1.29, 1.82) is 0 Å². The molecule has 0 aliphatic carbocycles.